The lowest BCUT2D eigenvalue weighted by Crippen LogP contribution is -2.37. The molecule has 0 aliphatic carbocycles. The first-order valence-corrected chi connectivity index (χ1v) is 7.21. The van der Waals surface area contributed by atoms with Gasteiger partial charge in [0.1, 0.15) is 0 Å². The van der Waals surface area contributed by atoms with E-state index in [0.29, 0.717) is 0 Å². The fraction of sp³-hybridized carbons (Fsp3) is 0.308. The van der Waals surface area contributed by atoms with E-state index in [4.69, 9.17) is 0 Å². The van der Waals surface area contributed by atoms with Gasteiger partial charge in [-0.05, 0) is 12.1 Å². The second-order valence-corrected chi connectivity index (χ2v) is 5.33. The molecule has 1 aliphatic rings. The summed E-state index contributed by atoms with van der Waals surface area (Å²) in [5, 5.41) is 1.86. The Hall–Kier alpha value is -2.03. The van der Waals surface area contributed by atoms with Crippen molar-refractivity contribution in [1.82, 2.24) is 10.2 Å². The lowest BCUT2D eigenvalue weighted by atomic mass is 10.1. The summed E-state index contributed by atoms with van der Waals surface area (Å²) in [5.74, 6) is -1.23. The maximum absolute atomic E-state index is 12.8. The van der Waals surface area contributed by atoms with Crippen LogP contribution in [0.5, 0.6) is 0 Å². The van der Waals surface area contributed by atoms with Crippen LogP contribution >= 0.6 is 11.8 Å². The molecular weight excluding hydrogens is 321 g/mol. The molecule has 3 amide bonds. The minimum absolute atomic E-state index is 0.0453. The number of thioether (sulfide) groups is 1. The van der Waals surface area contributed by atoms with Gasteiger partial charge in [0.2, 0.25) is 5.91 Å². The quantitative estimate of drug-likeness (QED) is 0.917. The highest BCUT2D eigenvalue weighted by Crippen LogP contribution is 2.31. The number of imide groups is 1. The van der Waals surface area contributed by atoms with E-state index in [-0.39, 0.29) is 24.7 Å². The van der Waals surface area contributed by atoms with E-state index < -0.39 is 28.4 Å². The third-order valence-electron chi connectivity index (χ3n) is 2.94. The number of amides is 3. The van der Waals surface area contributed by atoms with Crippen molar-refractivity contribution in [2.45, 2.75) is 6.18 Å². The third kappa shape index (κ3) is 3.59. The van der Waals surface area contributed by atoms with Gasteiger partial charge in [0.25, 0.3) is 11.1 Å². The van der Waals surface area contributed by atoms with Gasteiger partial charge in [-0.15, -0.1) is 0 Å². The Morgan fingerprint density at radius 2 is 1.95 bits per heavy atom. The first-order valence-electron chi connectivity index (χ1n) is 6.22. The number of halogens is 3. The lowest BCUT2D eigenvalue weighted by molar-refractivity contribution is -0.138. The zero-order valence-electron chi connectivity index (χ0n) is 11.1. The predicted octanol–water partition coefficient (Wildman–Crippen LogP) is 2.13. The summed E-state index contributed by atoms with van der Waals surface area (Å²) in [6.45, 7) is -0.173. The highest BCUT2D eigenvalue weighted by molar-refractivity contribution is 8.14. The van der Waals surface area contributed by atoms with Crippen LogP contribution in [0.15, 0.2) is 24.3 Å². The van der Waals surface area contributed by atoms with Crippen molar-refractivity contribution < 1.29 is 27.6 Å². The molecule has 1 N–H and O–H groups in total. The van der Waals surface area contributed by atoms with E-state index in [1.165, 1.54) is 12.1 Å². The Balaban J connectivity index is 1.99. The number of hydrogen-bond acceptors (Lipinski definition) is 4. The van der Waals surface area contributed by atoms with Crippen LogP contribution in [0.1, 0.15) is 15.9 Å². The molecule has 22 heavy (non-hydrogen) atoms. The summed E-state index contributed by atoms with van der Waals surface area (Å²) in [5.41, 5.74) is -1.53. The highest BCUT2D eigenvalue weighted by Gasteiger charge is 2.35. The Morgan fingerprint density at radius 1 is 1.27 bits per heavy atom. The number of nitrogens with zero attached hydrogens (tertiary/aromatic N) is 1. The summed E-state index contributed by atoms with van der Waals surface area (Å²) in [4.78, 5) is 35.5. The van der Waals surface area contributed by atoms with E-state index in [0.717, 1.165) is 28.8 Å². The normalized spacial score (nSPS) is 15.3. The lowest BCUT2D eigenvalue weighted by Gasteiger charge is -2.15. The number of carbonyl (C=O) groups excluding carboxylic acids is 3. The van der Waals surface area contributed by atoms with Crippen molar-refractivity contribution in [3.05, 3.63) is 35.4 Å². The van der Waals surface area contributed by atoms with Gasteiger partial charge in [-0.1, -0.05) is 23.9 Å². The largest absolute Gasteiger partial charge is 0.417 e. The number of nitrogens with one attached hydrogen (secondary N) is 1. The monoisotopic (exact) mass is 332 g/mol. The molecule has 0 aromatic heterocycles. The first-order chi connectivity index (χ1) is 10.3. The molecule has 0 saturated carbocycles. The van der Waals surface area contributed by atoms with Crippen LogP contribution in [0.3, 0.4) is 0 Å². The summed E-state index contributed by atoms with van der Waals surface area (Å²) in [6.07, 6.45) is -4.63. The molecule has 0 radical (unpaired) electrons. The van der Waals surface area contributed by atoms with E-state index in [1.807, 2.05) is 0 Å². The van der Waals surface area contributed by atoms with Crippen LogP contribution < -0.4 is 5.32 Å². The van der Waals surface area contributed by atoms with Crippen LogP contribution in [-0.4, -0.2) is 40.8 Å². The van der Waals surface area contributed by atoms with E-state index in [9.17, 15) is 27.6 Å². The van der Waals surface area contributed by atoms with Gasteiger partial charge in [-0.25, -0.2) is 0 Å². The summed E-state index contributed by atoms with van der Waals surface area (Å²) >= 11 is 0.850. The summed E-state index contributed by atoms with van der Waals surface area (Å²) in [6, 6.07) is 4.41. The van der Waals surface area contributed by atoms with Gasteiger partial charge in [0.05, 0.1) is 16.9 Å². The minimum Gasteiger partial charge on any atom is -0.350 e. The standard InChI is InChI=1S/C13H11F3N2O3S/c14-13(15,16)9-4-2-1-3-8(9)11(20)17-5-6-18-10(19)7-22-12(18)21/h1-4H,5-7H2,(H,17,20). The van der Waals surface area contributed by atoms with Crippen LogP contribution in [0, 0.1) is 0 Å². The number of benzene rings is 1. The van der Waals surface area contributed by atoms with Crippen molar-refractivity contribution in [2.24, 2.45) is 0 Å². The van der Waals surface area contributed by atoms with Gasteiger partial charge in [-0.3, -0.25) is 19.3 Å². The SMILES string of the molecule is O=C(NCCN1C(=O)CSC1=O)c1ccccc1C(F)(F)F. The number of carbonyl (C=O) groups is 3. The van der Waals surface area contributed by atoms with E-state index >= 15 is 0 Å². The Kier molecular flexibility index (Phi) is 4.74. The second-order valence-electron chi connectivity index (χ2n) is 4.40. The minimum atomic E-state index is -4.63. The molecule has 2 rings (SSSR count). The number of alkyl halides is 3. The van der Waals surface area contributed by atoms with Crippen molar-refractivity contribution in [3.8, 4) is 0 Å². The molecule has 0 unspecified atom stereocenters. The molecule has 1 aliphatic heterocycles. The van der Waals surface area contributed by atoms with Gasteiger partial charge >= 0.3 is 6.18 Å². The van der Waals surface area contributed by atoms with Crippen molar-refractivity contribution in [3.63, 3.8) is 0 Å². The molecule has 0 spiro atoms. The molecule has 1 aromatic carbocycles. The van der Waals surface area contributed by atoms with Crippen LogP contribution in [0.25, 0.3) is 0 Å². The van der Waals surface area contributed by atoms with Gasteiger partial charge < -0.3 is 5.32 Å². The molecule has 0 atom stereocenters. The molecule has 5 nitrogen and oxygen atoms in total. The molecular formula is C13H11F3N2O3S. The Labute approximate surface area is 127 Å². The average molecular weight is 332 g/mol. The molecule has 1 fully saturated rings. The number of rotatable bonds is 4. The molecule has 9 heteroatoms. The first kappa shape index (κ1) is 16.3. The zero-order valence-corrected chi connectivity index (χ0v) is 12.0. The maximum atomic E-state index is 12.8. The third-order valence-corrected chi connectivity index (χ3v) is 3.80. The van der Waals surface area contributed by atoms with Crippen molar-refractivity contribution in [2.75, 3.05) is 18.8 Å². The van der Waals surface area contributed by atoms with Crippen LogP contribution in [0.4, 0.5) is 18.0 Å². The molecule has 1 aromatic rings. The molecule has 1 saturated heterocycles. The van der Waals surface area contributed by atoms with Crippen molar-refractivity contribution in [1.29, 1.82) is 0 Å². The van der Waals surface area contributed by atoms with Gasteiger partial charge in [0.15, 0.2) is 0 Å². The Morgan fingerprint density at radius 3 is 2.55 bits per heavy atom. The maximum Gasteiger partial charge on any atom is 0.417 e. The summed E-state index contributed by atoms with van der Waals surface area (Å²) in [7, 11) is 0. The molecule has 1 heterocycles. The van der Waals surface area contributed by atoms with Crippen molar-refractivity contribution >= 4 is 28.8 Å². The van der Waals surface area contributed by atoms with E-state index in [2.05, 4.69) is 5.32 Å². The highest BCUT2D eigenvalue weighted by atomic mass is 32.2. The topological polar surface area (TPSA) is 66.5 Å². The second kappa shape index (κ2) is 6.39. The van der Waals surface area contributed by atoms with E-state index in [1.54, 1.807) is 0 Å². The predicted molar refractivity (Wildman–Crippen MR) is 73.3 cm³/mol. The fourth-order valence-electron chi connectivity index (χ4n) is 1.90. The average Bonchev–Trinajstić information content (AvgIpc) is 2.78. The molecule has 118 valence electrons. The van der Waals surface area contributed by atoms with Crippen LogP contribution in [-0.2, 0) is 11.0 Å². The van der Waals surface area contributed by atoms with Gasteiger partial charge in [-0.2, -0.15) is 13.2 Å². The Bertz CT molecular complexity index is 603. The summed E-state index contributed by atoms with van der Waals surface area (Å²) < 4.78 is 38.4. The smallest absolute Gasteiger partial charge is 0.350 e. The van der Waals surface area contributed by atoms with Crippen LogP contribution in [0.2, 0.25) is 0 Å². The number of hydrogen-bond donors (Lipinski definition) is 1. The molecule has 0 bridgehead atoms. The van der Waals surface area contributed by atoms with Gasteiger partial charge in [0, 0.05) is 13.1 Å². The fourth-order valence-corrected chi connectivity index (χ4v) is 2.65. The zero-order chi connectivity index (χ0) is 16.3.